The Morgan fingerprint density at radius 1 is 1.07 bits per heavy atom. The van der Waals surface area contributed by atoms with Crippen molar-refractivity contribution in [1.82, 2.24) is 14.4 Å². The van der Waals surface area contributed by atoms with Gasteiger partial charge in [-0.2, -0.15) is 0 Å². The first-order valence-electron chi connectivity index (χ1n) is 8.51. The van der Waals surface area contributed by atoms with E-state index in [0.29, 0.717) is 27.1 Å². The van der Waals surface area contributed by atoms with Crippen LogP contribution >= 0.6 is 23.2 Å². The van der Waals surface area contributed by atoms with Crippen molar-refractivity contribution < 1.29 is 0 Å². The summed E-state index contributed by atoms with van der Waals surface area (Å²) >= 11 is 12.8. The first-order valence-corrected chi connectivity index (χ1v) is 9.27. The van der Waals surface area contributed by atoms with E-state index in [2.05, 4.69) is 27.7 Å². The molecule has 0 atom stereocenters. The van der Waals surface area contributed by atoms with Crippen molar-refractivity contribution in [2.75, 3.05) is 11.1 Å². The van der Waals surface area contributed by atoms with Gasteiger partial charge in [-0.05, 0) is 36.8 Å². The number of rotatable bonds is 4. The number of para-hydroxylation sites is 1. The Balaban J connectivity index is 2.02. The van der Waals surface area contributed by atoms with E-state index in [9.17, 15) is 0 Å². The summed E-state index contributed by atoms with van der Waals surface area (Å²) in [5.74, 6) is 0.760. The second-order valence-electron chi connectivity index (χ2n) is 6.06. The molecule has 0 unspecified atom stereocenters. The summed E-state index contributed by atoms with van der Waals surface area (Å²) in [7, 11) is 0. The third kappa shape index (κ3) is 3.09. The smallest absolute Gasteiger partial charge is 0.143 e. The van der Waals surface area contributed by atoms with Crippen LogP contribution in [0.4, 0.5) is 17.2 Å². The second kappa shape index (κ2) is 7.10. The van der Waals surface area contributed by atoms with E-state index in [4.69, 9.17) is 33.9 Å². The molecular formula is C20H17Cl2N5. The van der Waals surface area contributed by atoms with E-state index >= 15 is 0 Å². The monoisotopic (exact) mass is 397 g/mol. The number of hydrogen-bond acceptors (Lipinski definition) is 4. The molecular weight excluding hydrogens is 381 g/mol. The average molecular weight is 398 g/mol. The normalized spacial score (nSPS) is 11.1. The molecule has 0 aliphatic heterocycles. The van der Waals surface area contributed by atoms with Crippen LogP contribution in [-0.2, 0) is 6.42 Å². The number of nitrogens with two attached hydrogens (primary N) is 1. The van der Waals surface area contributed by atoms with Crippen molar-refractivity contribution in [3.8, 4) is 11.3 Å². The maximum Gasteiger partial charge on any atom is 0.143 e. The van der Waals surface area contributed by atoms with Crippen LogP contribution in [0.2, 0.25) is 10.0 Å². The Hall–Kier alpha value is -2.76. The highest BCUT2D eigenvalue weighted by atomic mass is 35.5. The molecule has 0 amide bonds. The number of imidazole rings is 1. The average Bonchev–Trinajstić information content (AvgIpc) is 3.03. The van der Waals surface area contributed by atoms with Crippen molar-refractivity contribution >= 4 is 46.0 Å². The van der Waals surface area contributed by atoms with Crippen LogP contribution in [0.15, 0.2) is 54.9 Å². The Bertz CT molecular complexity index is 1120. The van der Waals surface area contributed by atoms with Crippen LogP contribution in [0.5, 0.6) is 0 Å². The van der Waals surface area contributed by atoms with Crippen molar-refractivity contribution in [3.63, 3.8) is 0 Å². The number of benzene rings is 1. The summed E-state index contributed by atoms with van der Waals surface area (Å²) in [6, 6.07) is 13.3. The topological polar surface area (TPSA) is 68.2 Å². The molecule has 7 heteroatoms. The van der Waals surface area contributed by atoms with Gasteiger partial charge in [0.05, 0.1) is 21.4 Å². The van der Waals surface area contributed by atoms with E-state index in [-0.39, 0.29) is 0 Å². The Morgan fingerprint density at radius 2 is 1.89 bits per heavy atom. The fraction of sp³-hybridized carbons (Fsp3) is 0.100. The molecule has 0 fully saturated rings. The minimum Gasteiger partial charge on any atom is -0.397 e. The summed E-state index contributed by atoms with van der Waals surface area (Å²) in [5, 5.41) is 4.45. The summed E-state index contributed by atoms with van der Waals surface area (Å²) in [5.41, 5.74) is 10.8. The number of aromatic nitrogens is 3. The van der Waals surface area contributed by atoms with E-state index in [1.165, 1.54) is 0 Å². The summed E-state index contributed by atoms with van der Waals surface area (Å²) in [6.45, 7) is 2.10. The number of pyridine rings is 2. The predicted molar refractivity (Wildman–Crippen MR) is 112 cm³/mol. The van der Waals surface area contributed by atoms with E-state index in [1.54, 1.807) is 24.5 Å². The number of nitrogens with one attached hydrogen (secondary N) is 1. The van der Waals surface area contributed by atoms with Gasteiger partial charge < -0.3 is 11.1 Å². The highest BCUT2D eigenvalue weighted by Crippen LogP contribution is 2.38. The van der Waals surface area contributed by atoms with Crippen molar-refractivity contribution in [2.45, 2.75) is 13.3 Å². The van der Waals surface area contributed by atoms with E-state index in [1.807, 2.05) is 24.3 Å². The lowest BCUT2D eigenvalue weighted by Crippen LogP contribution is -2.04. The summed E-state index contributed by atoms with van der Waals surface area (Å²) in [6.07, 6.45) is 4.14. The van der Waals surface area contributed by atoms with Gasteiger partial charge in [-0.15, -0.1) is 0 Å². The van der Waals surface area contributed by atoms with Gasteiger partial charge in [-0.3, -0.25) is 9.38 Å². The SMILES string of the molecule is CCc1cccc2nc(-c3ccncc3Cl)c(Nc3c(N)cccc3Cl)n12. The van der Waals surface area contributed by atoms with Gasteiger partial charge in [0.1, 0.15) is 17.2 Å². The van der Waals surface area contributed by atoms with Crippen molar-refractivity contribution in [3.05, 3.63) is 70.6 Å². The Kier molecular flexibility index (Phi) is 4.64. The number of hydrogen-bond donors (Lipinski definition) is 2. The van der Waals surface area contributed by atoms with Crippen LogP contribution in [-0.4, -0.2) is 14.4 Å². The number of nitrogens with zero attached hydrogens (tertiary/aromatic N) is 3. The Labute approximate surface area is 166 Å². The van der Waals surface area contributed by atoms with Gasteiger partial charge in [0.2, 0.25) is 0 Å². The van der Waals surface area contributed by atoms with Gasteiger partial charge in [-0.25, -0.2) is 4.98 Å². The molecule has 5 nitrogen and oxygen atoms in total. The second-order valence-corrected chi connectivity index (χ2v) is 6.87. The number of fused-ring (bicyclic) bond motifs is 1. The van der Waals surface area contributed by atoms with Crippen LogP contribution in [0.1, 0.15) is 12.6 Å². The van der Waals surface area contributed by atoms with Crippen LogP contribution in [0.3, 0.4) is 0 Å². The molecule has 3 heterocycles. The third-order valence-corrected chi connectivity index (χ3v) is 5.02. The Morgan fingerprint density at radius 3 is 2.63 bits per heavy atom. The van der Waals surface area contributed by atoms with Crippen LogP contribution < -0.4 is 11.1 Å². The standard InChI is InChI=1S/C20H17Cl2N5/c1-2-12-5-3-8-17-25-18(13-9-10-24-11-15(13)22)20(27(12)17)26-19-14(21)6-4-7-16(19)23/h3-11,26H,2,23H2,1H3. The molecule has 27 heavy (non-hydrogen) atoms. The zero-order valence-corrected chi connectivity index (χ0v) is 16.1. The lowest BCUT2D eigenvalue weighted by Gasteiger charge is -2.14. The zero-order chi connectivity index (χ0) is 19.0. The molecule has 136 valence electrons. The van der Waals surface area contributed by atoms with Crippen molar-refractivity contribution in [2.24, 2.45) is 0 Å². The maximum absolute atomic E-state index is 6.41. The van der Waals surface area contributed by atoms with Gasteiger partial charge in [0.15, 0.2) is 0 Å². The molecule has 1 aromatic carbocycles. The fourth-order valence-electron chi connectivity index (χ4n) is 3.10. The van der Waals surface area contributed by atoms with Gasteiger partial charge in [0, 0.05) is 23.7 Å². The molecule has 0 saturated heterocycles. The molecule has 0 saturated carbocycles. The quantitative estimate of drug-likeness (QED) is 0.440. The molecule has 4 rings (SSSR count). The minimum atomic E-state index is 0.522. The van der Waals surface area contributed by atoms with E-state index in [0.717, 1.165) is 29.1 Å². The number of aryl methyl sites for hydroxylation is 1. The molecule has 4 aromatic rings. The summed E-state index contributed by atoms with van der Waals surface area (Å²) in [4.78, 5) is 8.88. The molecule has 0 radical (unpaired) electrons. The highest BCUT2D eigenvalue weighted by molar-refractivity contribution is 6.34. The van der Waals surface area contributed by atoms with Crippen LogP contribution in [0, 0.1) is 0 Å². The van der Waals surface area contributed by atoms with Crippen molar-refractivity contribution in [1.29, 1.82) is 0 Å². The third-order valence-electron chi connectivity index (χ3n) is 4.40. The molecule has 0 spiro atoms. The zero-order valence-electron chi connectivity index (χ0n) is 14.6. The van der Waals surface area contributed by atoms with Gasteiger partial charge in [-0.1, -0.05) is 42.3 Å². The minimum absolute atomic E-state index is 0.522. The lowest BCUT2D eigenvalue weighted by molar-refractivity contribution is 0.984. The highest BCUT2D eigenvalue weighted by Gasteiger charge is 2.19. The fourth-order valence-corrected chi connectivity index (χ4v) is 3.54. The largest absolute Gasteiger partial charge is 0.397 e. The first kappa shape index (κ1) is 17.6. The number of nitrogen functional groups attached to an aromatic ring is 1. The number of halogens is 2. The summed E-state index contributed by atoms with van der Waals surface area (Å²) < 4.78 is 2.06. The predicted octanol–water partition coefficient (Wildman–Crippen LogP) is 5.59. The van der Waals surface area contributed by atoms with Gasteiger partial charge >= 0.3 is 0 Å². The molecule has 0 bridgehead atoms. The van der Waals surface area contributed by atoms with Crippen LogP contribution in [0.25, 0.3) is 16.9 Å². The van der Waals surface area contributed by atoms with E-state index < -0.39 is 0 Å². The molecule has 0 aliphatic rings. The lowest BCUT2D eigenvalue weighted by atomic mass is 10.2. The molecule has 3 N–H and O–H groups in total. The number of anilines is 3. The van der Waals surface area contributed by atoms with Gasteiger partial charge in [0.25, 0.3) is 0 Å². The molecule has 3 aromatic heterocycles. The molecule has 0 aliphatic carbocycles. The maximum atomic E-state index is 6.41. The first-order chi connectivity index (χ1) is 13.1.